The van der Waals surface area contributed by atoms with Crippen LogP contribution in [0.3, 0.4) is 0 Å². The van der Waals surface area contributed by atoms with Gasteiger partial charge in [0.15, 0.2) is 0 Å². The molecule has 1 aromatic carbocycles. The number of aliphatic carboxylic acids is 1. The molecule has 1 atom stereocenters. The number of nitrogens with zero attached hydrogens (tertiary/aromatic N) is 1. The van der Waals surface area contributed by atoms with Crippen LogP contribution in [-0.2, 0) is 4.79 Å². The third-order valence-electron chi connectivity index (χ3n) is 2.62. The van der Waals surface area contributed by atoms with Crippen LogP contribution in [0.25, 0.3) is 0 Å². The summed E-state index contributed by atoms with van der Waals surface area (Å²) in [5, 5.41) is 21.3. The van der Waals surface area contributed by atoms with E-state index in [2.05, 4.69) is 10.5 Å². The van der Waals surface area contributed by atoms with Crippen molar-refractivity contribution < 1.29 is 32.9 Å². The number of hydrogen-bond donors (Lipinski definition) is 3. The Hall–Kier alpha value is -1.71. The molecule has 1 aromatic rings. The number of nitrogens with one attached hydrogen (secondary N) is 1. The highest BCUT2D eigenvalue weighted by molar-refractivity contribution is 6.37. The molecule has 0 aliphatic heterocycles. The van der Waals surface area contributed by atoms with Crippen LogP contribution in [0, 0.1) is 0 Å². The molecule has 0 amide bonds. The van der Waals surface area contributed by atoms with Crippen molar-refractivity contribution in [2.45, 2.75) is 18.2 Å². The fourth-order valence-electron chi connectivity index (χ4n) is 1.43. The van der Waals surface area contributed by atoms with E-state index in [1.54, 1.807) is 0 Å². The molecule has 1 unspecified atom stereocenters. The molecule has 0 heterocycles. The van der Waals surface area contributed by atoms with Crippen LogP contribution in [0.2, 0.25) is 10.0 Å². The van der Waals surface area contributed by atoms with Crippen LogP contribution in [0.5, 0.6) is 5.75 Å². The minimum absolute atomic E-state index is 0.0294. The first-order chi connectivity index (χ1) is 10.5. The zero-order valence-corrected chi connectivity index (χ0v) is 13.0. The topological polar surface area (TPSA) is 91.1 Å². The number of carboxylic acids is 1. The molecule has 0 spiro atoms. The van der Waals surface area contributed by atoms with Crippen molar-refractivity contribution in [1.29, 1.82) is 0 Å². The van der Waals surface area contributed by atoms with Crippen LogP contribution in [-0.4, -0.2) is 41.3 Å². The SMILES string of the molecule is COc1cc(N/N=C\C(O)(CC(=O)O)C(F)(F)F)c(Cl)cc1Cl. The molecule has 0 radical (unpaired) electrons. The van der Waals surface area contributed by atoms with Crippen LogP contribution in [0.4, 0.5) is 18.9 Å². The zero-order valence-electron chi connectivity index (χ0n) is 11.5. The molecule has 11 heteroatoms. The summed E-state index contributed by atoms with van der Waals surface area (Å²) in [5.74, 6) is -1.66. The maximum atomic E-state index is 12.7. The van der Waals surface area contributed by atoms with E-state index in [0.29, 0.717) is 0 Å². The van der Waals surface area contributed by atoms with Crippen molar-refractivity contribution in [3.63, 3.8) is 0 Å². The molecule has 0 aromatic heterocycles. The van der Waals surface area contributed by atoms with Crippen LogP contribution >= 0.6 is 23.2 Å². The summed E-state index contributed by atoms with van der Waals surface area (Å²) in [6, 6.07) is 2.54. The Labute approximate surface area is 138 Å². The van der Waals surface area contributed by atoms with E-state index in [9.17, 15) is 23.1 Å². The molecule has 0 aliphatic rings. The second-order valence-electron chi connectivity index (χ2n) is 4.33. The van der Waals surface area contributed by atoms with Gasteiger partial charge in [-0.2, -0.15) is 18.3 Å². The predicted octanol–water partition coefficient (Wildman–Crippen LogP) is 3.17. The number of rotatable bonds is 6. The van der Waals surface area contributed by atoms with Gasteiger partial charge in [-0.3, -0.25) is 10.2 Å². The minimum Gasteiger partial charge on any atom is -0.495 e. The van der Waals surface area contributed by atoms with Gasteiger partial charge < -0.3 is 14.9 Å². The maximum Gasteiger partial charge on any atom is 0.423 e. The highest BCUT2D eigenvalue weighted by Crippen LogP contribution is 2.35. The molecule has 23 heavy (non-hydrogen) atoms. The summed E-state index contributed by atoms with van der Waals surface area (Å²) in [6.07, 6.45) is -6.78. The molecule has 0 aliphatic carbocycles. The summed E-state index contributed by atoms with van der Waals surface area (Å²) >= 11 is 11.6. The van der Waals surface area contributed by atoms with E-state index in [1.165, 1.54) is 19.2 Å². The van der Waals surface area contributed by atoms with Crippen molar-refractivity contribution in [3.8, 4) is 5.75 Å². The highest BCUT2D eigenvalue weighted by Gasteiger charge is 2.54. The quantitative estimate of drug-likeness (QED) is 0.525. The smallest absolute Gasteiger partial charge is 0.423 e. The van der Waals surface area contributed by atoms with Crippen molar-refractivity contribution in [3.05, 3.63) is 22.2 Å². The number of benzene rings is 1. The number of carbonyl (C=O) groups is 1. The van der Waals surface area contributed by atoms with Crippen molar-refractivity contribution >= 4 is 41.1 Å². The summed E-state index contributed by atoms with van der Waals surface area (Å²) in [4.78, 5) is 10.5. The Balaban J connectivity index is 3.02. The Morgan fingerprint density at radius 3 is 2.48 bits per heavy atom. The zero-order chi connectivity index (χ0) is 17.8. The molecular weight excluding hydrogens is 364 g/mol. The van der Waals surface area contributed by atoms with Gasteiger partial charge in [-0.05, 0) is 6.07 Å². The summed E-state index contributed by atoms with van der Waals surface area (Å²) < 4.78 is 43.1. The summed E-state index contributed by atoms with van der Waals surface area (Å²) in [5.41, 5.74) is -1.42. The van der Waals surface area contributed by atoms with Crippen molar-refractivity contribution in [1.82, 2.24) is 0 Å². The van der Waals surface area contributed by atoms with E-state index in [0.717, 1.165) is 0 Å². The van der Waals surface area contributed by atoms with E-state index in [-0.39, 0.29) is 27.7 Å². The molecule has 0 saturated carbocycles. The molecule has 0 fully saturated rings. The molecular formula is C12H11Cl2F3N2O4. The first-order valence-electron chi connectivity index (χ1n) is 5.84. The number of methoxy groups -OCH3 is 1. The maximum absolute atomic E-state index is 12.7. The molecule has 3 N–H and O–H groups in total. The molecule has 1 rings (SSSR count). The molecule has 128 valence electrons. The van der Waals surface area contributed by atoms with Crippen LogP contribution in [0.15, 0.2) is 17.2 Å². The van der Waals surface area contributed by atoms with Gasteiger partial charge in [0.2, 0.25) is 5.60 Å². The van der Waals surface area contributed by atoms with E-state index in [4.69, 9.17) is 33.0 Å². The second-order valence-corrected chi connectivity index (χ2v) is 5.14. The van der Waals surface area contributed by atoms with Gasteiger partial charge in [0.05, 0.1) is 35.5 Å². The number of hydrazone groups is 1. The van der Waals surface area contributed by atoms with Gasteiger partial charge in [-0.1, -0.05) is 23.2 Å². The lowest BCUT2D eigenvalue weighted by atomic mass is 10.0. The summed E-state index contributed by atoms with van der Waals surface area (Å²) in [7, 11) is 1.32. The number of carboxylic acid groups (broad SMARTS) is 1. The van der Waals surface area contributed by atoms with Crippen LogP contribution < -0.4 is 10.2 Å². The standard InChI is InChI=1S/C12H11Cl2F3N2O4/c1-23-9-3-8(6(13)2-7(9)14)19-18-5-11(22,4-10(20)21)12(15,16)17/h2-3,5,19,22H,4H2,1H3,(H,20,21)/b18-5-. The van der Waals surface area contributed by atoms with Crippen molar-refractivity contribution in [2.24, 2.45) is 5.10 Å². The lowest BCUT2D eigenvalue weighted by molar-refractivity contribution is -0.232. The van der Waals surface area contributed by atoms with Gasteiger partial charge in [0.1, 0.15) is 5.75 Å². The lowest BCUT2D eigenvalue weighted by Gasteiger charge is -2.24. The number of ether oxygens (including phenoxy) is 1. The fourth-order valence-corrected chi connectivity index (χ4v) is 1.93. The third-order valence-corrected chi connectivity index (χ3v) is 3.22. The van der Waals surface area contributed by atoms with Gasteiger partial charge in [0, 0.05) is 6.07 Å². The Bertz CT molecular complexity index is 625. The first kappa shape index (κ1) is 19.3. The monoisotopic (exact) mass is 374 g/mol. The normalized spacial score (nSPS) is 14.6. The predicted molar refractivity (Wildman–Crippen MR) is 78.4 cm³/mol. The Morgan fingerprint density at radius 2 is 2.00 bits per heavy atom. The number of halogens is 5. The number of aliphatic hydroxyl groups is 1. The van der Waals surface area contributed by atoms with E-state index < -0.39 is 24.2 Å². The molecule has 0 saturated heterocycles. The van der Waals surface area contributed by atoms with E-state index in [1.807, 2.05) is 0 Å². The fraction of sp³-hybridized carbons (Fsp3) is 0.333. The molecule has 6 nitrogen and oxygen atoms in total. The average molecular weight is 375 g/mol. The van der Waals surface area contributed by atoms with E-state index >= 15 is 0 Å². The Morgan fingerprint density at radius 1 is 1.39 bits per heavy atom. The van der Waals surface area contributed by atoms with Gasteiger partial charge >= 0.3 is 12.1 Å². The highest BCUT2D eigenvalue weighted by atomic mass is 35.5. The lowest BCUT2D eigenvalue weighted by Crippen LogP contribution is -2.48. The van der Waals surface area contributed by atoms with Crippen LogP contribution in [0.1, 0.15) is 6.42 Å². The number of hydrogen-bond acceptors (Lipinski definition) is 5. The van der Waals surface area contributed by atoms with Gasteiger partial charge in [-0.25, -0.2) is 0 Å². The minimum atomic E-state index is -5.22. The largest absolute Gasteiger partial charge is 0.495 e. The second kappa shape index (κ2) is 7.24. The number of anilines is 1. The Kier molecular flexibility index (Phi) is 6.09. The van der Waals surface area contributed by atoms with Crippen molar-refractivity contribution in [2.75, 3.05) is 12.5 Å². The average Bonchev–Trinajstić information content (AvgIpc) is 2.39. The molecule has 0 bridgehead atoms. The number of alkyl halides is 3. The first-order valence-corrected chi connectivity index (χ1v) is 6.60. The van der Waals surface area contributed by atoms with Gasteiger partial charge in [-0.15, -0.1) is 0 Å². The third kappa shape index (κ3) is 4.88. The van der Waals surface area contributed by atoms with Gasteiger partial charge in [0.25, 0.3) is 0 Å². The summed E-state index contributed by atoms with van der Waals surface area (Å²) in [6.45, 7) is 0.